The minimum atomic E-state index is -0.868. The van der Waals surface area contributed by atoms with Gasteiger partial charge in [0, 0.05) is 5.56 Å². The number of ether oxygens (including phenoxy) is 1. The topological polar surface area (TPSA) is 79.8 Å². The summed E-state index contributed by atoms with van der Waals surface area (Å²) in [5, 5.41) is 8.44. The second-order valence-corrected chi connectivity index (χ2v) is 5.42. The van der Waals surface area contributed by atoms with Crippen LogP contribution in [0.2, 0.25) is 0 Å². The summed E-state index contributed by atoms with van der Waals surface area (Å²) in [5.41, 5.74) is 3.48. The molecule has 26 heavy (non-hydrogen) atoms. The third-order valence-electron chi connectivity index (χ3n) is 3.75. The van der Waals surface area contributed by atoms with Gasteiger partial charge in [-0.25, -0.2) is 5.43 Å². The normalized spacial score (nSPS) is 10.7. The molecule has 0 fully saturated rings. The van der Waals surface area contributed by atoms with Gasteiger partial charge in [0.05, 0.1) is 19.0 Å². The first-order valence-corrected chi connectivity index (χ1v) is 7.94. The number of anilines is 1. The minimum absolute atomic E-state index is 0.410. The van der Waals surface area contributed by atoms with E-state index in [1.807, 2.05) is 42.5 Å². The SMILES string of the molecule is COc1ccccc1NC(=O)C(=O)N/N=C/c1cccc2ccccc12. The van der Waals surface area contributed by atoms with Crippen LogP contribution in [-0.4, -0.2) is 25.1 Å². The monoisotopic (exact) mass is 347 g/mol. The van der Waals surface area contributed by atoms with E-state index in [1.54, 1.807) is 24.3 Å². The molecule has 0 saturated heterocycles. The average Bonchev–Trinajstić information content (AvgIpc) is 2.68. The third-order valence-corrected chi connectivity index (χ3v) is 3.75. The number of amides is 2. The highest BCUT2D eigenvalue weighted by Crippen LogP contribution is 2.22. The molecule has 0 saturated carbocycles. The molecular weight excluding hydrogens is 330 g/mol. The van der Waals surface area contributed by atoms with Crippen LogP contribution in [0.15, 0.2) is 71.8 Å². The maximum Gasteiger partial charge on any atom is 0.329 e. The molecule has 130 valence electrons. The fourth-order valence-corrected chi connectivity index (χ4v) is 2.50. The number of para-hydroxylation sites is 2. The quantitative estimate of drug-likeness (QED) is 0.433. The molecule has 0 spiro atoms. The van der Waals surface area contributed by atoms with Crippen molar-refractivity contribution < 1.29 is 14.3 Å². The Hall–Kier alpha value is -3.67. The fourth-order valence-electron chi connectivity index (χ4n) is 2.50. The number of rotatable bonds is 4. The van der Waals surface area contributed by atoms with Crippen molar-refractivity contribution in [2.24, 2.45) is 5.10 Å². The van der Waals surface area contributed by atoms with Gasteiger partial charge in [0.2, 0.25) is 0 Å². The number of methoxy groups -OCH3 is 1. The molecule has 3 aromatic carbocycles. The standard InChI is InChI=1S/C20H17N3O3/c1-26-18-12-5-4-11-17(18)22-19(24)20(25)23-21-13-15-9-6-8-14-7-2-3-10-16(14)15/h2-13H,1H3,(H,22,24)(H,23,25)/b21-13+. The van der Waals surface area contributed by atoms with Gasteiger partial charge in [0.15, 0.2) is 0 Å². The van der Waals surface area contributed by atoms with Crippen molar-refractivity contribution in [1.29, 1.82) is 0 Å². The zero-order chi connectivity index (χ0) is 18.4. The van der Waals surface area contributed by atoms with Crippen LogP contribution in [0.5, 0.6) is 5.75 Å². The van der Waals surface area contributed by atoms with E-state index in [0.29, 0.717) is 11.4 Å². The van der Waals surface area contributed by atoms with Crippen molar-refractivity contribution in [2.45, 2.75) is 0 Å². The lowest BCUT2D eigenvalue weighted by atomic mass is 10.1. The summed E-state index contributed by atoms with van der Waals surface area (Å²) >= 11 is 0. The van der Waals surface area contributed by atoms with E-state index < -0.39 is 11.8 Å². The number of hydrogen-bond acceptors (Lipinski definition) is 4. The van der Waals surface area contributed by atoms with Crippen LogP contribution in [0.3, 0.4) is 0 Å². The number of hydrogen-bond donors (Lipinski definition) is 2. The van der Waals surface area contributed by atoms with Crippen molar-refractivity contribution in [2.75, 3.05) is 12.4 Å². The smallest absolute Gasteiger partial charge is 0.329 e. The molecule has 6 nitrogen and oxygen atoms in total. The number of nitrogens with zero attached hydrogens (tertiary/aromatic N) is 1. The zero-order valence-corrected chi connectivity index (χ0v) is 14.1. The fraction of sp³-hybridized carbons (Fsp3) is 0.0500. The van der Waals surface area contributed by atoms with E-state index in [9.17, 15) is 9.59 Å². The summed E-state index contributed by atoms with van der Waals surface area (Å²) in [6.45, 7) is 0. The van der Waals surface area contributed by atoms with Crippen LogP contribution in [0, 0.1) is 0 Å². The Morgan fingerprint density at radius 3 is 2.50 bits per heavy atom. The predicted octanol–water partition coefficient (Wildman–Crippen LogP) is 2.94. The number of carbonyl (C=O) groups excluding carboxylic acids is 2. The highest BCUT2D eigenvalue weighted by molar-refractivity contribution is 6.39. The summed E-state index contributed by atoms with van der Waals surface area (Å²) in [6, 6.07) is 20.4. The van der Waals surface area contributed by atoms with Crippen LogP contribution < -0.4 is 15.5 Å². The van der Waals surface area contributed by atoms with Gasteiger partial charge in [-0.3, -0.25) is 9.59 Å². The lowest BCUT2D eigenvalue weighted by molar-refractivity contribution is -0.136. The van der Waals surface area contributed by atoms with Gasteiger partial charge in [0.1, 0.15) is 5.75 Å². The molecule has 0 aromatic heterocycles. The minimum Gasteiger partial charge on any atom is -0.495 e. The summed E-state index contributed by atoms with van der Waals surface area (Å²) in [6.07, 6.45) is 1.51. The molecule has 0 unspecified atom stereocenters. The molecule has 0 aliphatic heterocycles. The summed E-state index contributed by atoms with van der Waals surface area (Å²) < 4.78 is 5.13. The highest BCUT2D eigenvalue weighted by Gasteiger charge is 2.14. The Morgan fingerprint density at radius 1 is 0.923 bits per heavy atom. The summed E-state index contributed by atoms with van der Waals surface area (Å²) in [5.74, 6) is -1.23. The van der Waals surface area contributed by atoms with E-state index in [-0.39, 0.29) is 0 Å². The average molecular weight is 347 g/mol. The van der Waals surface area contributed by atoms with Gasteiger partial charge in [-0.2, -0.15) is 5.10 Å². The number of benzene rings is 3. The molecule has 3 rings (SSSR count). The Morgan fingerprint density at radius 2 is 1.65 bits per heavy atom. The summed E-state index contributed by atoms with van der Waals surface area (Å²) in [4.78, 5) is 23.9. The molecule has 6 heteroatoms. The maximum atomic E-state index is 12.0. The first kappa shape index (κ1) is 17.2. The lowest BCUT2D eigenvalue weighted by Crippen LogP contribution is -2.32. The zero-order valence-electron chi connectivity index (χ0n) is 14.1. The van der Waals surface area contributed by atoms with Crippen molar-refractivity contribution in [3.8, 4) is 5.75 Å². The number of carbonyl (C=O) groups is 2. The van der Waals surface area contributed by atoms with E-state index >= 15 is 0 Å². The van der Waals surface area contributed by atoms with Crippen molar-refractivity contribution in [3.05, 3.63) is 72.3 Å². The van der Waals surface area contributed by atoms with Gasteiger partial charge in [0.25, 0.3) is 0 Å². The van der Waals surface area contributed by atoms with Gasteiger partial charge < -0.3 is 10.1 Å². The maximum absolute atomic E-state index is 12.0. The van der Waals surface area contributed by atoms with Gasteiger partial charge >= 0.3 is 11.8 Å². The molecule has 0 aliphatic rings. The molecule has 2 N–H and O–H groups in total. The Labute approximate surface area is 150 Å². The number of hydrazone groups is 1. The first-order chi connectivity index (χ1) is 12.7. The molecule has 0 heterocycles. The molecule has 0 atom stereocenters. The molecule has 3 aromatic rings. The molecule has 0 radical (unpaired) electrons. The van der Waals surface area contributed by atoms with Gasteiger partial charge in [-0.1, -0.05) is 54.6 Å². The first-order valence-electron chi connectivity index (χ1n) is 7.94. The molecule has 2 amide bonds. The van der Waals surface area contributed by atoms with Gasteiger partial charge in [-0.05, 0) is 22.9 Å². The predicted molar refractivity (Wildman–Crippen MR) is 101 cm³/mol. The van der Waals surface area contributed by atoms with Gasteiger partial charge in [-0.15, -0.1) is 0 Å². The van der Waals surface area contributed by atoms with Crippen molar-refractivity contribution in [3.63, 3.8) is 0 Å². The van der Waals surface area contributed by atoms with E-state index in [0.717, 1.165) is 16.3 Å². The number of nitrogens with one attached hydrogen (secondary N) is 2. The molecular formula is C20H17N3O3. The van der Waals surface area contributed by atoms with Crippen LogP contribution in [0.25, 0.3) is 10.8 Å². The largest absolute Gasteiger partial charge is 0.495 e. The van der Waals surface area contributed by atoms with Crippen LogP contribution in [0.1, 0.15) is 5.56 Å². The van der Waals surface area contributed by atoms with E-state index in [1.165, 1.54) is 13.3 Å². The van der Waals surface area contributed by atoms with Crippen molar-refractivity contribution >= 4 is 34.5 Å². The van der Waals surface area contributed by atoms with Crippen molar-refractivity contribution in [1.82, 2.24) is 5.43 Å². The second kappa shape index (κ2) is 7.94. The Balaban J connectivity index is 1.66. The van der Waals surface area contributed by atoms with E-state index in [2.05, 4.69) is 15.8 Å². The van der Waals surface area contributed by atoms with Crippen LogP contribution >= 0.6 is 0 Å². The third kappa shape index (κ3) is 3.87. The van der Waals surface area contributed by atoms with E-state index in [4.69, 9.17) is 4.74 Å². The molecule has 0 bridgehead atoms. The number of fused-ring (bicyclic) bond motifs is 1. The Kier molecular flexibility index (Phi) is 5.24. The lowest BCUT2D eigenvalue weighted by Gasteiger charge is -2.08. The second-order valence-electron chi connectivity index (χ2n) is 5.42. The Bertz CT molecular complexity index is 977. The van der Waals surface area contributed by atoms with Crippen LogP contribution in [0.4, 0.5) is 5.69 Å². The van der Waals surface area contributed by atoms with Crippen LogP contribution in [-0.2, 0) is 9.59 Å². The molecule has 0 aliphatic carbocycles. The highest BCUT2D eigenvalue weighted by atomic mass is 16.5. The summed E-state index contributed by atoms with van der Waals surface area (Å²) in [7, 11) is 1.49.